The summed E-state index contributed by atoms with van der Waals surface area (Å²) < 4.78 is 11.3. The molecule has 0 aromatic rings. The summed E-state index contributed by atoms with van der Waals surface area (Å²) in [5.41, 5.74) is 1.98. The van der Waals surface area contributed by atoms with Crippen LogP contribution >= 0.6 is 0 Å². The molecule has 0 spiro atoms. The summed E-state index contributed by atoms with van der Waals surface area (Å²) in [4.78, 5) is 10.9. The number of hydrogen-bond acceptors (Lipinski definition) is 3. The molecule has 104 valence electrons. The van der Waals surface area contributed by atoms with Crippen molar-refractivity contribution in [3.8, 4) is 0 Å². The van der Waals surface area contributed by atoms with Gasteiger partial charge in [-0.25, -0.2) is 4.79 Å². The van der Waals surface area contributed by atoms with E-state index in [0.29, 0.717) is 6.61 Å². The maximum absolute atomic E-state index is 10.9. The van der Waals surface area contributed by atoms with Gasteiger partial charge in [0.25, 0.3) is 0 Å². The third-order valence-electron chi connectivity index (χ3n) is 3.01. The first-order valence-electron chi connectivity index (χ1n) is 6.41. The van der Waals surface area contributed by atoms with Gasteiger partial charge in [0.2, 0.25) is 0 Å². The highest BCUT2D eigenvalue weighted by Gasteiger charge is 2.33. The third kappa shape index (κ3) is 6.93. The fourth-order valence-corrected chi connectivity index (χ4v) is 9.30. The molecule has 0 saturated carbocycles. The van der Waals surface area contributed by atoms with Gasteiger partial charge in [-0.15, -0.1) is 6.58 Å². The summed E-state index contributed by atoms with van der Waals surface area (Å²) in [6, 6.07) is 2.09. The minimum Gasteiger partial charge on any atom is -0.463 e. The lowest BCUT2D eigenvalue weighted by Gasteiger charge is -2.34. The molecule has 0 aliphatic carbocycles. The summed E-state index contributed by atoms with van der Waals surface area (Å²) >= 11 is 0. The predicted octanol–water partition coefficient (Wildman–Crippen LogP) is 3.65. The topological polar surface area (TPSA) is 35.5 Å². The number of ether oxygens (including phenoxy) is 1. The molecule has 0 fully saturated rings. The Balaban J connectivity index is 4.19. The van der Waals surface area contributed by atoms with Crippen LogP contribution in [0.5, 0.6) is 0 Å². The van der Waals surface area contributed by atoms with Crippen LogP contribution in [0.3, 0.4) is 0 Å². The van der Waals surface area contributed by atoms with Gasteiger partial charge < -0.3 is 8.85 Å². The largest absolute Gasteiger partial charge is 0.463 e. The molecular weight excluding hydrogens is 260 g/mol. The molecule has 0 aromatic heterocycles. The molecule has 0 aliphatic rings. The Labute approximate surface area is 113 Å². The SMILES string of the molecule is C=CC(=O)OCCC[Si](C)(CC)O[Si](C)(C)C=C. The van der Waals surface area contributed by atoms with E-state index >= 15 is 0 Å². The Morgan fingerprint density at radius 2 is 1.89 bits per heavy atom. The van der Waals surface area contributed by atoms with Crippen LogP contribution in [0, 0.1) is 0 Å². The van der Waals surface area contributed by atoms with E-state index in [1.165, 1.54) is 6.08 Å². The van der Waals surface area contributed by atoms with Crippen molar-refractivity contribution in [2.75, 3.05) is 6.61 Å². The first-order chi connectivity index (χ1) is 8.28. The van der Waals surface area contributed by atoms with Gasteiger partial charge in [-0.1, -0.05) is 19.2 Å². The lowest BCUT2D eigenvalue weighted by atomic mass is 10.5. The minimum atomic E-state index is -1.72. The van der Waals surface area contributed by atoms with E-state index in [9.17, 15) is 4.79 Å². The van der Waals surface area contributed by atoms with Gasteiger partial charge >= 0.3 is 5.97 Å². The monoisotopic (exact) mass is 286 g/mol. The summed E-state index contributed by atoms with van der Waals surface area (Å²) in [5.74, 6) is -0.350. The van der Waals surface area contributed by atoms with Crippen molar-refractivity contribution in [1.29, 1.82) is 0 Å². The van der Waals surface area contributed by atoms with Crippen LogP contribution in [0.1, 0.15) is 13.3 Å². The predicted molar refractivity (Wildman–Crippen MR) is 81.4 cm³/mol. The normalized spacial score (nSPS) is 14.7. The maximum Gasteiger partial charge on any atom is 0.330 e. The smallest absolute Gasteiger partial charge is 0.330 e. The van der Waals surface area contributed by atoms with Gasteiger partial charge in [0.1, 0.15) is 0 Å². The lowest BCUT2D eigenvalue weighted by molar-refractivity contribution is -0.137. The maximum atomic E-state index is 10.9. The third-order valence-corrected chi connectivity index (χ3v) is 11.0. The molecule has 18 heavy (non-hydrogen) atoms. The quantitative estimate of drug-likeness (QED) is 0.281. The van der Waals surface area contributed by atoms with Crippen molar-refractivity contribution in [2.24, 2.45) is 0 Å². The number of rotatable bonds is 9. The molecule has 0 aromatic carbocycles. The molecule has 1 unspecified atom stereocenters. The van der Waals surface area contributed by atoms with E-state index in [4.69, 9.17) is 8.85 Å². The average Bonchev–Trinajstić information content (AvgIpc) is 2.34. The zero-order chi connectivity index (χ0) is 14.2. The van der Waals surface area contributed by atoms with Crippen LogP contribution in [-0.4, -0.2) is 29.2 Å². The zero-order valence-corrected chi connectivity index (χ0v) is 14.1. The highest BCUT2D eigenvalue weighted by molar-refractivity contribution is 6.87. The van der Waals surface area contributed by atoms with Crippen molar-refractivity contribution in [2.45, 2.75) is 45.1 Å². The first-order valence-corrected chi connectivity index (χ1v) is 12.2. The van der Waals surface area contributed by atoms with E-state index < -0.39 is 16.6 Å². The standard InChI is InChI=1S/C13H26O3Si2/c1-7-13(14)15-11-10-12-18(6,9-3)16-17(4,5)8-2/h7-8H,1-2,9-12H2,3-6H3. The second-order valence-electron chi connectivity index (χ2n) is 5.19. The second-order valence-corrected chi connectivity index (χ2v) is 13.7. The molecule has 0 radical (unpaired) electrons. The molecule has 0 bridgehead atoms. The van der Waals surface area contributed by atoms with Crippen molar-refractivity contribution >= 4 is 22.6 Å². The van der Waals surface area contributed by atoms with Crippen molar-refractivity contribution in [1.82, 2.24) is 0 Å². The molecule has 0 rings (SSSR count). The Morgan fingerprint density at radius 3 is 2.33 bits per heavy atom. The molecule has 0 N–H and O–H groups in total. The van der Waals surface area contributed by atoms with Crippen LogP contribution in [0.2, 0.25) is 31.7 Å². The Morgan fingerprint density at radius 1 is 1.28 bits per heavy atom. The van der Waals surface area contributed by atoms with Crippen molar-refractivity contribution in [3.05, 3.63) is 24.9 Å². The minimum absolute atomic E-state index is 0.350. The van der Waals surface area contributed by atoms with Gasteiger partial charge in [0.15, 0.2) is 16.6 Å². The molecular formula is C13H26O3Si2. The van der Waals surface area contributed by atoms with Crippen LogP contribution in [0.15, 0.2) is 24.9 Å². The molecule has 5 heteroatoms. The summed E-state index contributed by atoms with van der Waals surface area (Å²) in [5, 5.41) is 0. The van der Waals surface area contributed by atoms with Gasteiger partial charge in [-0.05, 0) is 38.2 Å². The van der Waals surface area contributed by atoms with Crippen LogP contribution in [-0.2, 0) is 13.6 Å². The summed E-state index contributed by atoms with van der Waals surface area (Å²) in [6.45, 7) is 16.4. The fraction of sp³-hybridized carbons (Fsp3) is 0.615. The molecule has 3 nitrogen and oxygen atoms in total. The van der Waals surface area contributed by atoms with E-state index in [2.05, 4.69) is 39.7 Å². The molecule has 0 aliphatic heterocycles. The van der Waals surface area contributed by atoms with Gasteiger partial charge in [-0.2, -0.15) is 0 Å². The Kier molecular flexibility index (Phi) is 7.43. The molecule has 0 amide bonds. The lowest BCUT2D eigenvalue weighted by Crippen LogP contribution is -2.45. The number of esters is 1. The summed E-state index contributed by atoms with van der Waals surface area (Å²) in [6.07, 6.45) is 2.05. The Hall–Kier alpha value is -0.656. The van der Waals surface area contributed by atoms with Crippen LogP contribution in [0.4, 0.5) is 0 Å². The van der Waals surface area contributed by atoms with E-state index in [-0.39, 0.29) is 5.97 Å². The molecule has 0 heterocycles. The zero-order valence-electron chi connectivity index (χ0n) is 12.1. The van der Waals surface area contributed by atoms with Crippen LogP contribution < -0.4 is 0 Å². The highest BCUT2D eigenvalue weighted by Crippen LogP contribution is 2.24. The second kappa shape index (κ2) is 7.71. The molecule has 1 atom stereocenters. The van der Waals surface area contributed by atoms with E-state index in [1.807, 2.05) is 5.70 Å². The van der Waals surface area contributed by atoms with E-state index in [1.54, 1.807) is 0 Å². The number of carbonyl (C=O) groups is 1. The summed E-state index contributed by atoms with van der Waals surface area (Å²) in [7, 11) is -3.41. The average molecular weight is 287 g/mol. The van der Waals surface area contributed by atoms with Gasteiger partial charge in [0, 0.05) is 6.08 Å². The Bertz CT molecular complexity index is 303. The van der Waals surface area contributed by atoms with E-state index in [0.717, 1.165) is 18.5 Å². The number of hydrogen-bond donors (Lipinski definition) is 0. The number of carbonyl (C=O) groups excluding carboxylic acids is 1. The molecule has 0 saturated heterocycles. The van der Waals surface area contributed by atoms with Gasteiger partial charge in [-0.3, -0.25) is 0 Å². The fourth-order valence-electron chi connectivity index (χ4n) is 1.65. The van der Waals surface area contributed by atoms with Gasteiger partial charge in [0.05, 0.1) is 6.61 Å². The van der Waals surface area contributed by atoms with Crippen molar-refractivity contribution in [3.63, 3.8) is 0 Å². The first kappa shape index (κ1) is 17.3. The van der Waals surface area contributed by atoms with Crippen molar-refractivity contribution < 1.29 is 13.6 Å². The highest BCUT2D eigenvalue weighted by atomic mass is 28.4. The van der Waals surface area contributed by atoms with Crippen LogP contribution in [0.25, 0.3) is 0 Å².